The van der Waals surface area contributed by atoms with Gasteiger partial charge in [0.1, 0.15) is 5.82 Å². The normalized spacial score (nSPS) is 16.4. The molecule has 7 heteroatoms. The summed E-state index contributed by atoms with van der Waals surface area (Å²) in [5.41, 5.74) is 1.66. The Kier molecular flexibility index (Phi) is 4.82. The summed E-state index contributed by atoms with van der Waals surface area (Å²) >= 11 is 0. The van der Waals surface area contributed by atoms with Gasteiger partial charge in [0.15, 0.2) is 0 Å². The molecule has 1 aromatic carbocycles. The van der Waals surface area contributed by atoms with E-state index in [1.165, 1.54) is 4.68 Å². The molecular weight excluding hydrogens is 342 g/mol. The number of aromatic nitrogens is 4. The number of nitrogens with zero attached hydrogens (tertiary/aromatic N) is 4. The van der Waals surface area contributed by atoms with Crippen LogP contribution in [0.4, 0.5) is 5.69 Å². The van der Waals surface area contributed by atoms with Crippen molar-refractivity contribution in [3.05, 3.63) is 76.7 Å². The van der Waals surface area contributed by atoms with E-state index in [0.29, 0.717) is 32.4 Å². The van der Waals surface area contributed by atoms with Gasteiger partial charge in [0.25, 0.3) is 0 Å². The lowest BCUT2D eigenvalue weighted by Gasteiger charge is -2.14. The third-order valence-electron chi connectivity index (χ3n) is 4.91. The van der Waals surface area contributed by atoms with E-state index in [4.69, 9.17) is 0 Å². The number of carbonyl (C=O) groups is 1. The van der Waals surface area contributed by atoms with Crippen molar-refractivity contribution in [1.82, 2.24) is 19.3 Å². The van der Waals surface area contributed by atoms with Crippen LogP contribution < -0.4 is 11.0 Å². The van der Waals surface area contributed by atoms with Crippen molar-refractivity contribution >= 4 is 11.6 Å². The molecule has 0 aliphatic carbocycles. The maximum absolute atomic E-state index is 12.7. The first kappa shape index (κ1) is 17.2. The molecule has 1 aliphatic rings. The van der Waals surface area contributed by atoms with Crippen molar-refractivity contribution < 1.29 is 4.79 Å². The average molecular weight is 363 g/mol. The minimum atomic E-state index is -0.125. The van der Waals surface area contributed by atoms with Gasteiger partial charge >= 0.3 is 5.69 Å². The highest BCUT2D eigenvalue weighted by Gasteiger charge is 2.25. The fourth-order valence-corrected chi connectivity index (χ4v) is 3.42. The maximum Gasteiger partial charge on any atom is 0.346 e. The second-order valence-electron chi connectivity index (χ2n) is 6.74. The third kappa shape index (κ3) is 3.81. The molecule has 2 aromatic heterocycles. The Morgan fingerprint density at radius 1 is 1.11 bits per heavy atom. The van der Waals surface area contributed by atoms with Crippen LogP contribution in [0.5, 0.6) is 0 Å². The van der Waals surface area contributed by atoms with Crippen molar-refractivity contribution in [2.75, 3.05) is 5.32 Å². The number of amides is 1. The number of fused-ring (bicyclic) bond motifs is 1. The third-order valence-corrected chi connectivity index (χ3v) is 4.91. The van der Waals surface area contributed by atoms with Crippen molar-refractivity contribution in [2.45, 2.75) is 32.4 Å². The molecule has 1 unspecified atom stereocenters. The highest BCUT2D eigenvalue weighted by molar-refractivity contribution is 5.92. The maximum atomic E-state index is 12.7. The average Bonchev–Trinajstić information content (AvgIpc) is 2.86. The van der Waals surface area contributed by atoms with Crippen LogP contribution in [0.15, 0.2) is 59.7 Å². The number of carbonyl (C=O) groups excluding carboxylic acids is 1. The second-order valence-corrected chi connectivity index (χ2v) is 6.74. The fraction of sp³-hybridized carbons (Fsp3) is 0.300. The summed E-state index contributed by atoms with van der Waals surface area (Å²) < 4.78 is 3.20. The molecule has 7 nitrogen and oxygen atoms in total. The monoisotopic (exact) mass is 363 g/mol. The molecule has 0 bridgehead atoms. The van der Waals surface area contributed by atoms with E-state index >= 15 is 0 Å². The van der Waals surface area contributed by atoms with Crippen LogP contribution >= 0.6 is 0 Å². The molecule has 0 spiro atoms. The fourth-order valence-electron chi connectivity index (χ4n) is 3.42. The topological polar surface area (TPSA) is 81.8 Å². The van der Waals surface area contributed by atoms with Gasteiger partial charge in [-0.25, -0.2) is 9.48 Å². The van der Waals surface area contributed by atoms with E-state index in [2.05, 4.69) is 15.4 Å². The zero-order valence-corrected chi connectivity index (χ0v) is 14.9. The highest BCUT2D eigenvalue weighted by atomic mass is 16.2. The van der Waals surface area contributed by atoms with E-state index in [1.54, 1.807) is 17.0 Å². The van der Waals surface area contributed by atoms with Crippen molar-refractivity contribution in [3.63, 3.8) is 0 Å². The molecule has 0 fully saturated rings. The van der Waals surface area contributed by atoms with Gasteiger partial charge in [0.05, 0.1) is 6.54 Å². The standard InChI is InChI=1S/C20H21N5O2/c26-19(22-17-4-2-1-3-5-17)16-6-7-18-23-25(20(27)24(18)13-10-16)14-15-8-11-21-12-9-15/h1-5,8-9,11-12,16H,6-7,10,13-14H2,(H,22,26). The summed E-state index contributed by atoms with van der Waals surface area (Å²) in [6.45, 7) is 0.941. The van der Waals surface area contributed by atoms with Gasteiger partial charge in [0, 0.05) is 37.0 Å². The van der Waals surface area contributed by atoms with E-state index in [1.807, 2.05) is 42.5 Å². The van der Waals surface area contributed by atoms with Gasteiger partial charge in [0.2, 0.25) is 5.91 Å². The zero-order valence-electron chi connectivity index (χ0n) is 14.9. The lowest BCUT2D eigenvalue weighted by molar-refractivity contribution is -0.120. The van der Waals surface area contributed by atoms with Crippen molar-refractivity contribution in [1.29, 1.82) is 0 Å². The summed E-state index contributed by atoms with van der Waals surface area (Å²) in [4.78, 5) is 29.2. The Labute approximate surface area is 156 Å². The van der Waals surface area contributed by atoms with Crippen LogP contribution in [0, 0.1) is 5.92 Å². The van der Waals surface area contributed by atoms with Crippen LogP contribution in [0.2, 0.25) is 0 Å². The molecule has 0 saturated carbocycles. The van der Waals surface area contributed by atoms with Crippen LogP contribution in [0.3, 0.4) is 0 Å². The highest BCUT2D eigenvalue weighted by Crippen LogP contribution is 2.20. The van der Waals surface area contributed by atoms with Gasteiger partial charge in [-0.2, -0.15) is 5.10 Å². The quantitative estimate of drug-likeness (QED) is 0.769. The van der Waals surface area contributed by atoms with Crippen LogP contribution in [-0.4, -0.2) is 25.2 Å². The summed E-state index contributed by atoms with van der Waals surface area (Å²) in [6.07, 6.45) is 5.34. The predicted molar refractivity (Wildman–Crippen MR) is 101 cm³/mol. The Balaban J connectivity index is 1.45. The molecular formula is C20H21N5O2. The largest absolute Gasteiger partial charge is 0.346 e. The number of benzene rings is 1. The number of anilines is 1. The number of rotatable bonds is 4. The number of hydrogen-bond donors (Lipinski definition) is 1. The number of hydrogen-bond acceptors (Lipinski definition) is 4. The number of aryl methyl sites for hydroxylation is 1. The molecule has 3 heterocycles. The Bertz CT molecular complexity index is 979. The molecule has 0 saturated heterocycles. The predicted octanol–water partition coefficient (Wildman–Crippen LogP) is 2.08. The van der Waals surface area contributed by atoms with Crippen LogP contribution in [0.1, 0.15) is 24.2 Å². The summed E-state index contributed by atoms with van der Waals surface area (Å²) in [5.74, 6) is 0.632. The van der Waals surface area contributed by atoms with E-state index in [-0.39, 0.29) is 17.5 Å². The van der Waals surface area contributed by atoms with E-state index in [9.17, 15) is 9.59 Å². The lowest BCUT2D eigenvalue weighted by atomic mass is 9.99. The van der Waals surface area contributed by atoms with Crippen LogP contribution in [0.25, 0.3) is 0 Å². The van der Waals surface area contributed by atoms with Gasteiger partial charge in [-0.3, -0.25) is 14.3 Å². The number of nitrogens with one attached hydrogen (secondary N) is 1. The van der Waals surface area contributed by atoms with E-state index in [0.717, 1.165) is 17.1 Å². The molecule has 1 N–H and O–H groups in total. The van der Waals surface area contributed by atoms with Crippen LogP contribution in [-0.2, 0) is 24.3 Å². The zero-order chi connectivity index (χ0) is 18.6. The molecule has 138 valence electrons. The molecule has 27 heavy (non-hydrogen) atoms. The summed E-state index contributed by atoms with van der Waals surface area (Å²) in [6, 6.07) is 13.2. The Morgan fingerprint density at radius 3 is 2.67 bits per heavy atom. The molecule has 1 aliphatic heterocycles. The van der Waals surface area contributed by atoms with Gasteiger partial charge in [-0.05, 0) is 42.7 Å². The molecule has 3 aromatic rings. The number of para-hydroxylation sites is 1. The second kappa shape index (κ2) is 7.57. The SMILES string of the molecule is O=C(Nc1ccccc1)C1CCc2nn(Cc3ccncc3)c(=O)n2CC1. The van der Waals surface area contributed by atoms with Crippen molar-refractivity contribution in [2.24, 2.45) is 5.92 Å². The first-order valence-corrected chi connectivity index (χ1v) is 9.12. The first-order chi connectivity index (χ1) is 13.2. The van der Waals surface area contributed by atoms with Gasteiger partial charge in [-0.1, -0.05) is 18.2 Å². The van der Waals surface area contributed by atoms with Gasteiger partial charge < -0.3 is 5.32 Å². The Hall–Kier alpha value is -3.22. The number of pyridine rings is 1. The lowest BCUT2D eigenvalue weighted by Crippen LogP contribution is -2.27. The Morgan fingerprint density at radius 2 is 1.89 bits per heavy atom. The summed E-state index contributed by atoms with van der Waals surface area (Å²) in [5, 5.41) is 7.46. The van der Waals surface area contributed by atoms with Gasteiger partial charge in [-0.15, -0.1) is 0 Å². The minimum Gasteiger partial charge on any atom is -0.326 e. The summed E-state index contributed by atoms with van der Waals surface area (Å²) in [7, 11) is 0. The van der Waals surface area contributed by atoms with E-state index < -0.39 is 0 Å². The van der Waals surface area contributed by atoms with Crippen molar-refractivity contribution in [3.8, 4) is 0 Å². The molecule has 0 radical (unpaired) electrons. The molecule has 4 rings (SSSR count). The first-order valence-electron chi connectivity index (χ1n) is 9.12. The molecule has 1 atom stereocenters. The smallest absolute Gasteiger partial charge is 0.326 e. The minimum absolute atomic E-state index is 0.00376. The molecule has 1 amide bonds.